The number of hydrogen-bond donors (Lipinski definition) is 1. The quantitative estimate of drug-likeness (QED) is 0.459. The Bertz CT molecular complexity index is 1060. The van der Waals surface area contributed by atoms with E-state index in [2.05, 4.69) is 5.32 Å². The molecular weight excluding hydrogens is 404 g/mol. The number of carbonyl (C=O) groups excluding carboxylic acids is 2. The number of ether oxygens (including phenoxy) is 2. The summed E-state index contributed by atoms with van der Waals surface area (Å²) in [5.74, 6) is -0.0224. The van der Waals surface area contributed by atoms with Gasteiger partial charge in [-0.15, -0.1) is 0 Å². The van der Waals surface area contributed by atoms with E-state index in [0.717, 1.165) is 22.3 Å². The highest BCUT2D eigenvalue weighted by atomic mass is 16.5. The number of imide groups is 1. The number of methoxy groups -OCH3 is 1. The Morgan fingerprint density at radius 1 is 0.969 bits per heavy atom. The number of nitrogens with zero attached hydrogens (tertiary/aromatic N) is 1. The fourth-order valence-electron chi connectivity index (χ4n) is 3.83. The van der Waals surface area contributed by atoms with Crippen LogP contribution in [0.4, 0.5) is 5.69 Å². The Balaban J connectivity index is 2.01. The molecule has 1 aliphatic heterocycles. The first-order valence-corrected chi connectivity index (χ1v) is 10.9. The highest BCUT2D eigenvalue weighted by Crippen LogP contribution is 2.35. The van der Waals surface area contributed by atoms with Crippen LogP contribution in [0.2, 0.25) is 0 Å². The van der Waals surface area contributed by atoms with Gasteiger partial charge < -0.3 is 14.8 Å². The average Bonchev–Trinajstić information content (AvgIpc) is 2.95. The summed E-state index contributed by atoms with van der Waals surface area (Å²) in [5, 5.41) is 3.22. The van der Waals surface area contributed by atoms with Crippen molar-refractivity contribution in [3.05, 3.63) is 64.3 Å². The van der Waals surface area contributed by atoms with Crippen molar-refractivity contribution in [2.45, 2.75) is 47.1 Å². The molecule has 0 unspecified atom stereocenters. The predicted octanol–water partition coefficient (Wildman–Crippen LogP) is 4.63. The lowest BCUT2D eigenvalue weighted by atomic mass is 9.97. The van der Waals surface area contributed by atoms with Gasteiger partial charge in [0.15, 0.2) is 0 Å². The molecule has 1 N–H and O–H groups in total. The zero-order valence-electron chi connectivity index (χ0n) is 19.7. The number of amides is 2. The fraction of sp³-hybridized carbons (Fsp3) is 0.385. The monoisotopic (exact) mass is 436 g/mol. The van der Waals surface area contributed by atoms with Gasteiger partial charge in [0, 0.05) is 13.2 Å². The number of rotatable bonds is 9. The van der Waals surface area contributed by atoms with Gasteiger partial charge in [0.1, 0.15) is 11.4 Å². The van der Waals surface area contributed by atoms with Crippen LogP contribution < -0.4 is 10.1 Å². The summed E-state index contributed by atoms with van der Waals surface area (Å²) >= 11 is 0. The molecule has 0 aliphatic carbocycles. The first-order valence-electron chi connectivity index (χ1n) is 10.9. The molecule has 0 aromatic heterocycles. The van der Waals surface area contributed by atoms with Gasteiger partial charge in [-0.05, 0) is 69.9 Å². The molecule has 0 spiro atoms. The molecule has 3 rings (SSSR count). The van der Waals surface area contributed by atoms with Gasteiger partial charge in [0.25, 0.3) is 11.8 Å². The van der Waals surface area contributed by atoms with Crippen molar-refractivity contribution in [3.8, 4) is 5.75 Å². The summed E-state index contributed by atoms with van der Waals surface area (Å²) in [7, 11) is 1.58. The van der Waals surface area contributed by atoms with Crippen molar-refractivity contribution in [3.63, 3.8) is 0 Å². The number of aryl methyl sites for hydroxylation is 3. The lowest BCUT2D eigenvalue weighted by Crippen LogP contribution is -2.34. The predicted molar refractivity (Wildman–Crippen MR) is 127 cm³/mol. The summed E-state index contributed by atoms with van der Waals surface area (Å²) in [6, 6.07) is 11.6. The molecular formula is C26H32N2O4. The molecule has 0 fully saturated rings. The highest BCUT2D eigenvalue weighted by molar-refractivity contribution is 6.36. The normalized spacial score (nSPS) is 14.0. The summed E-state index contributed by atoms with van der Waals surface area (Å²) in [4.78, 5) is 28.1. The molecule has 0 atom stereocenters. The van der Waals surface area contributed by atoms with Gasteiger partial charge in [-0.1, -0.05) is 29.8 Å². The lowest BCUT2D eigenvalue weighted by Gasteiger charge is -2.16. The minimum Gasteiger partial charge on any atom is -0.495 e. The Hall–Kier alpha value is -3.12. The minimum atomic E-state index is -0.335. The van der Waals surface area contributed by atoms with E-state index < -0.39 is 0 Å². The number of carbonyl (C=O) groups is 2. The van der Waals surface area contributed by atoms with Gasteiger partial charge in [-0.25, -0.2) is 0 Å². The molecule has 0 saturated carbocycles. The van der Waals surface area contributed by atoms with Crippen LogP contribution in [0.5, 0.6) is 5.75 Å². The summed E-state index contributed by atoms with van der Waals surface area (Å²) in [6.07, 6.45) is 0.687. The highest BCUT2D eigenvalue weighted by Gasteiger charge is 2.39. The number of hydrogen-bond acceptors (Lipinski definition) is 5. The number of anilines is 1. The molecule has 6 heteroatoms. The first kappa shape index (κ1) is 23.5. The molecule has 0 radical (unpaired) electrons. The Labute approximate surface area is 190 Å². The Morgan fingerprint density at radius 2 is 1.66 bits per heavy atom. The van der Waals surface area contributed by atoms with E-state index in [1.54, 1.807) is 7.11 Å². The van der Waals surface area contributed by atoms with Crippen LogP contribution in [0.1, 0.15) is 42.5 Å². The summed E-state index contributed by atoms with van der Waals surface area (Å²) in [6.45, 7) is 10.6. The van der Waals surface area contributed by atoms with Gasteiger partial charge in [-0.3, -0.25) is 14.5 Å². The maximum absolute atomic E-state index is 13.4. The van der Waals surface area contributed by atoms with Crippen LogP contribution in [-0.4, -0.2) is 43.1 Å². The molecule has 6 nitrogen and oxygen atoms in total. The molecule has 32 heavy (non-hydrogen) atoms. The molecule has 2 amide bonds. The fourth-order valence-corrected chi connectivity index (χ4v) is 3.83. The summed E-state index contributed by atoms with van der Waals surface area (Å²) < 4.78 is 11.1. The first-order chi connectivity index (χ1) is 15.2. The van der Waals surface area contributed by atoms with Crippen LogP contribution in [-0.2, 0) is 14.3 Å². The van der Waals surface area contributed by atoms with Crippen LogP contribution in [0.15, 0.2) is 42.1 Å². The Kier molecular flexibility index (Phi) is 7.36. The van der Waals surface area contributed by atoms with Crippen LogP contribution in [0.3, 0.4) is 0 Å². The molecule has 2 aromatic carbocycles. The molecule has 1 heterocycles. The number of nitrogens with one attached hydrogen (secondary N) is 1. The molecule has 170 valence electrons. The second kappa shape index (κ2) is 10.0. The van der Waals surface area contributed by atoms with E-state index in [-0.39, 0.29) is 23.6 Å². The van der Waals surface area contributed by atoms with Gasteiger partial charge in [0.2, 0.25) is 0 Å². The van der Waals surface area contributed by atoms with E-state index in [4.69, 9.17) is 9.47 Å². The van der Waals surface area contributed by atoms with Crippen molar-refractivity contribution in [1.29, 1.82) is 0 Å². The van der Waals surface area contributed by atoms with Gasteiger partial charge >= 0.3 is 0 Å². The number of benzene rings is 2. The zero-order valence-corrected chi connectivity index (χ0v) is 19.7. The second-order valence-electron chi connectivity index (χ2n) is 8.43. The van der Waals surface area contributed by atoms with Crippen LogP contribution >= 0.6 is 0 Å². The van der Waals surface area contributed by atoms with Crippen molar-refractivity contribution in [1.82, 2.24) is 4.90 Å². The topological polar surface area (TPSA) is 67.9 Å². The summed E-state index contributed by atoms with van der Waals surface area (Å²) in [5.41, 5.74) is 5.13. The van der Waals surface area contributed by atoms with E-state index in [1.165, 1.54) is 4.90 Å². The maximum atomic E-state index is 13.4. The Morgan fingerprint density at radius 3 is 2.31 bits per heavy atom. The zero-order chi connectivity index (χ0) is 23.4. The third-order valence-electron chi connectivity index (χ3n) is 5.41. The van der Waals surface area contributed by atoms with Crippen molar-refractivity contribution in [2.75, 3.05) is 25.6 Å². The minimum absolute atomic E-state index is 0.106. The SMILES string of the molecule is COc1ccc(C)cc1NC1=C(c2ccc(C)cc2C)C(=O)N(CCCOC(C)C)C1=O. The second-order valence-corrected chi connectivity index (χ2v) is 8.43. The van der Waals surface area contributed by atoms with Crippen LogP contribution in [0.25, 0.3) is 5.57 Å². The lowest BCUT2D eigenvalue weighted by molar-refractivity contribution is -0.137. The van der Waals surface area contributed by atoms with E-state index >= 15 is 0 Å². The molecule has 2 aromatic rings. The van der Waals surface area contributed by atoms with E-state index in [9.17, 15) is 9.59 Å². The van der Waals surface area contributed by atoms with E-state index in [0.29, 0.717) is 36.6 Å². The van der Waals surface area contributed by atoms with Crippen molar-refractivity contribution < 1.29 is 19.1 Å². The third-order valence-corrected chi connectivity index (χ3v) is 5.41. The third kappa shape index (κ3) is 5.02. The van der Waals surface area contributed by atoms with Gasteiger partial charge in [-0.2, -0.15) is 0 Å². The van der Waals surface area contributed by atoms with Crippen molar-refractivity contribution in [2.24, 2.45) is 0 Å². The van der Waals surface area contributed by atoms with Gasteiger partial charge in [0.05, 0.1) is 24.5 Å². The largest absolute Gasteiger partial charge is 0.495 e. The van der Waals surface area contributed by atoms with E-state index in [1.807, 2.05) is 71.0 Å². The van der Waals surface area contributed by atoms with Crippen LogP contribution in [0, 0.1) is 20.8 Å². The molecule has 0 saturated heterocycles. The molecule has 0 bridgehead atoms. The average molecular weight is 437 g/mol. The molecule has 1 aliphatic rings. The standard InChI is InChI=1S/C26H32N2O4/c1-16(2)32-13-7-12-28-25(29)23(20-10-8-17(3)14-19(20)5)24(26(28)30)27-21-15-18(4)9-11-22(21)31-6/h8-11,14-16,27H,7,12-13H2,1-6H3. The van der Waals surface area contributed by atoms with Crippen molar-refractivity contribution >= 4 is 23.1 Å². The maximum Gasteiger partial charge on any atom is 0.278 e. The smallest absolute Gasteiger partial charge is 0.278 e.